The Labute approximate surface area is 62.6 Å². The first-order valence-corrected chi connectivity index (χ1v) is 2.99. The molecule has 0 spiro atoms. The fourth-order valence-electron chi connectivity index (χ4n) is 0.157. The SMILES string of the molecule is CCO/N=C(\Cl)C(=O)Cl. The molecule has 0 bridgehead atoms. The van der Waals surface area contributed by atoms with Crippen LogP contribution in [0.3, 0.4) is 0 Å². The summed E-state index contributed by atoms with van der Waals surface area (Å²) >= 11 is 10.0. The molecule has 0 aliphatic heterocycles. The number of oxime groups is 1. The number of carbonyl (C=O) groups is 1. The first-order chi connectivity index (χ1) is 4.18. The van der Waals surface area contributed by atoms with E-state index in [4.69, 9.17) is 23.2 Å². The second kappa shape index (κ2) is 4.58. The normalized spacial score (nSPS) is 11.2. The van der Waals surface area contributed by atoms with E-state index in [1.165, 1.54) is 0 Å². The van der Waals surface area contributed by atoms with E-state index in [-0.39, 0.29) is 5.17 Å². The molecule has 0 saturated carbocycles. The van der Waals surface area contributed by atoms with Crippen LogP contribution in [0.5, 0.6) is 0 Å². The zero-order valence-electron chi connectivity index (χ0n) is 4.73. The molecule has 0 rings (SSSR count). The molecule has 0 aliphatic carbocycles. The third kappa shape index (κ3) is 4.24. The van der Waals surface area contributed by atoms with Gasteiger partial charge in [-0.05, 0) is 18.5 Å². The lowest BCUT2D eigenvalue weighted by Gasteiger charge is -1.89. The summed E-state index contributed by atoms with van der Waals surface area (Å²) in [6.07, 6.45) is 0. The highest BCUT2D eigenvalue weighted by Crippen LogP contribution is 1.92. The fourth-order valence-corrected chi connectivity index (χ4v) is 0.240. The molecule has 0 fully saturated rings. The number of hydrogen-bond donors (Lipinski definition) is 0. The van der Waals surface area contributed by atoms with Crippen molar-refractivity contribution < 1.29 is 9.63 Å². The predicted octanol–water partition coefficient (Wildman–Crippen LogP) is 1.34. The number of nitrogens with zero attached hydrogens (tertiary/aromatic N) is 1. The minimum absolute atomic E-state index is 0.349. The van der Waals surface area contributed by atoms with Gasteiger partial charge in [-0.2, -0.15) is 0 Å². The van der Waals surface area contributed by atoms with Gasteiger partial charge in [0.15, 0.2) is 0 Å². The van der Waals surface area contributed by atoms with Gasteiger partial charge in [-0.15, -0.1) is 0 Å². The lowest BCUT2D eigenvalue weighted by molar-refractivity contribution is -0.106. The molecule has 0 atom stereocenters. The van der Waals surface area contributed by atoms with Crippen LogP contribution in [0.15, 0.2) is 5.16 Å². The fraction of sp³-hybridized carbons (Fsp3) is 0.500. The molecule has 0 amide bonds. The highest BCUT2D eigenvalue weighted by molar-refractivity contribution is 6.99. The molecule has 0 saturated heterocycles. The number of carbonyl (C=O) groups excluding carboxylic acids is 1. The lowest BCUT2D eigenvalue weighted by atomic mass is 10.8. The Morgan fingerprint density at radius 3 is 2.56 bits per heavy atom. The van der Waals surface area contributed by atoms with Gasteiger partial charge in [0.05, 0.1) is 0 Å². The average molecular weight is 170 g/mol. The topological polar surface area (TPSA) is 38.7 Å². The Kier molecular flexibility index (Phi) is 4.44. The van der Waals surface area contributed by atoms with Crippen LogP contribution in [0.25, 0.3) is 0 Å². The zero-order chi connectivity index (χ0) is 7.28. The Morgan fingerprint density at radius 1 is 1.67 bits per heavy atom. The molecule has 0 radical (unpaired) electrons. The quantitative estimate of drug-likeness (QED) is 0.364. The molecule has 0 aromatic carbocycles. The van der Waals surface area contributed by atoms with Crippen LogP contribution in [0.2, 0.25) is 0 Å². The van der Waals surface area contributed by atoms with Gasteiger partial charge in [0.25, 0.3) is 5.24 Å². The van der Waals surface area contributed by atoms with E-state index in [1.54, 1.807) is 6.92 Å². The van der Waals surface area contributed by atoms with Crippen LogP contribution < -0.4 is 0 Å². The van der Waals surface area contributed by atoms with Crippen molar-refractivity contribution in [2.24, 2.45) is 5.16 Å². The monoisotopic (exact) mass is 169 g/mol. The highest BCUT2D eigenvalue weighted by atomic mass is 35.5. The van der Waals surface area contributed by atoms with Crippen LogP contribution >= 0.6 is 23.2 Å². The van der Waals surface area contributed by atoms with Crippen LogP contribution in [0.4, 0.5) is 0 Å². The van der Waals surface area contributed by atoms with E-state index in [0.29, 0.717) is 6.61 Å². The van der Waals surface area contributed by atoms with Gasteiger partial charge in [0.1, 0.15) is 6.61 Å². The Balaban J connectivity index is 3.69. The van der Waals surface area contributed by atoms with E-state index < -0.39 is 5.24 Å². The third-order valence-electron chi connectivity index (χ3n) is 0.436. The minimum atomic E-state index is -0.815. The summed E-state index contributed by atoms with van der Waals surface area (Å²) < 4.78 is 0. The van der Waals surface area contributed by atoms with E-state index >= 15 is 0 Å². The van der Waals surface area contributed by atoms with E-state index in [9.17, 15) is 4.79 Å². The van der Waals surface area contributed by atoms with Crippen molar-refractivity contribution in [1.29, 1.82) is 0 Å². The summed E-state index contributed by atoms with van der Waals surface area (Å²) in [6, 6.07) is 0. The maximum atomic E-state index is 10.1. The molecule has 0 aliphatic rings. The predicted molar refractivity (Wildman–Crippen MR) is 35.8 cm³/mol. The molecule has 9 heavy (non-hydrogen) atoms. The van der Waals surface area contributed by atoms with Gasteiger partial charge in [0.2, 0.25) is 5.17 Å². The van der Waals surface area contributed by atoms with Crippen molar-refractivity contribution in [3.63, 3.8) is 0 Å². The molecule has 3 nitrogen and oxygen atoms in total. The van der Waals surface area contributed by atoms with Crippen molar-refractivity contribution in [3.05, 3.63) is 0 Å². The smallest absolute Gasteiger partial charge is 0.285 e. The maximum Gasteiger partial charge on any atom is 0.285 e. The molecule has 0 N–H and O–H groups in total. The zero-order valence-corrected chi connectivity index (χ0v) is 6.24. The van der Waals surface area contributed by atoms with Gasteiger partial charge < -0.3 is 4.84 Å². The minimum Gasteiger partial charge on any atom is -0.395 e. The molecule has 0 unspecified atom stereocenters. The standard InChI is InChI=1S/C4H5Cl2NO2/c1-2-9-7-3(5)4(6)8/h2H2,1H3/b7-3-. The van der Waals surface area contributed by atoms with E-state index in [0.717, 1.165) is 0 Å². The number of halogens is 2. The first-order valence-electron chi connectivity index (χ1n) is 2.23. The first kappa shape index (κ1) is 8.72. The summed E-state index contributed by atoms with van der Waals surface area (Å²) in [6.45, 7) is 2.08. The summed E-state index contributed by atoms with van der Waals surface area (Å²) in [7, 11) is 0. The van der Waals surface area contributed by atoms with Gasteiger partial charge in [-0.1, -0.05) is 16.8 Å². The number of hydrogen-bond acceptors (Lipinski definition) is 3. The van der Waals surface area contributed by atoms with E-state index in [2.05, 4.69) is 9.99 Å². The highest BCUT2D eigenvalue weighted by Gasteiger charge is 2.02. The van der Waals surface area contributed by atoms with Crippen molar-refractivity contribution in [2.45, 2.75) is 6.92 Å². The maximum absolute atomic E-state index is 10.1. The molecule has 0 heterocycles. The average Bonchev–Trinajstić information content (AvgIpc) is 1.82. The van der Waals surface area contributed by atoms with Crippen LogP contribution in [-0.4, -0.2) is 17.0 Å². The molecular formula is C4H5Cl2NO2. The van der Waals surface area contributed by atoms with Crippen molar-refractivity contribution >= 4 is 33.6 Å². The third-order valence-corrected chi connectivity index (χ3v) is 0.952. The summed E-state index contributed by atoms with van der Waals surface area (Å²) in [4.78, 5) is 14.5. The van der Waals surface area contributed by atoms with Gasteiger partial charge >= 0.3 is 0 Å². The summed E-state index contributed by atoms with van der Waals surface area (Å²) in [5, 5.41) is 1.98. The summed E-state index contributed by atoms with van der Waals surface area (Å²) in [5.41, 5.74) is 0. The second-order valence-corrected chi connectivity index (χ2v) is 1.77. The van der Waals surface area contributed by atoms with Gasteiger partial charge in [-0.3, -0.25) is 4.79 Å². The lowest BCUT2D eigenvalue weighted by Crippen LogP contribution is -1.98. The Morgan fingerprint density at radius 2 is 2.22 bits per heavy atom. The molecule has 0 aromatic heterocycles. The molecular weight excluding hydrogens is 165 g/mol. The Hall–Kier alpha value is -0.280. The van der Waals surface area contributed by atoms with Gasteiger partial charge in [0, 0.05) is 0 Å². The van der Waals surface area contributed by atoms with Crippen molar-refractivity contribution in [2.75, 3.05) is 6.61 Å². The van der Waals surface area contributed by atoms with Gasteiger partial charge in [-0.25, -0.2) is 0 Å². The summed E-state index contributed by atoms with van der Waals surface area (Å²) in [5.74, 6) is 0. The van der Waals surface area contributed by atoms with Crippen LogP contribution in [-0.2, 0) is 9.63 Å². The number of rotatable bonds is 3. The molecule has 0 aromatic rings. The molecule has 5 heteroatoms. The second-order valence-electron chi connectivity index (χ2n) is 1.07. The van der Waals surface area contributed by atoms with E-state index in [1.807, 2.05) is 0 Å². The van der Waals surface area contributed by atoms with Crippen molar-refractivity contribution in [3.8, 4) is 0 Å². The Bertz CT molecular complexity index is 135. The molecule has 52 valence electrons. The van der Waals surface area contributed by atoms with Crippen LogP contribution in [0, 0.1) is 0 Å². The van der Waals surface area contributed by atoms with Crippen LogP contribution in [0.1, 0.15) is 6.92 Å². The van der Waals surface area contributed by atoms with Crippen molar-refractivity contribution in [1.82, 2.24) is 0 Å². The largest absolute Gasteiger partial charge is 0.395 e.